The maximum absolute atomic E-state index is 14.5. The molecule has 0 aromatic heterocycles. The Balaban J connectivity index is 1.07. The third-order valence-corrected chi connectivity index (χ3v) is 17.4. The van der Waals surface area contributed by atoms with Gasteiger partial charge >= 0.3 is 16.4 Å². The number of aliphatic hydroxyl groups is 6. The largest absolute Gasteiger partial charge is 0.453 e. The molecular formula is C41H64O17S. The highest BCUT2D eigenvalue weighted by Gasteiger charge is 2.87. The van der Waals surface area contributed by atoms with Gasteiger partial charge in [0.1, 0.15) is 53.7 Å². The first-order valence-electron chi connectivity index (χ1n) is 21.2. The third kappa shape index (κ3) is 6.16. The van der Waals surface area contributed by atoms with Gasteiger partial charge in [-0.1, -0.05) is 39.3 Å². The van der Waals surface area contributed by atoms with Crippen molar-refractivity contribution in [3.05, 3.63) is 11.6 Å². The van der Waals surface area contributed by atoms with E-state index in [9.17, 15) is 48.4 Å². The van der Waals surface area contributed by atoms with Crippen LogP contribution in [0.25, 0.3) is 0 Å². The number of esters is 1. The van der Waals surface area contributed by atoms with Crippen LogP contribution in [0.2, 0.25) is 0 Å². The minimum atomic E-state index is -5.04. The first kappa shape index (κ1) is 44.3. The minimum absolute atomic E-state index is 0.0271. The van der Waals surface area contributed by atoms with Crippen LogP contribution >= 0.6 is 0 Å². The number of cyclic esters (lactones) is 1. The summed E-state index contributed by atoms with van der Waals surface area (Å²) in [6, 6.07) is 0. The van der Waals surface area contributed by atoms with Crippen LogP contribution in [0.1, 0.15) is 107 Å². The summed E-state index contributed by atoms with van der Waals surface area (Å²) in [5, 5.41) is 68.2. The molecule has 19 atom stereocenters. The number of carbonyl (C=O) groups is 1. The average molecular weight is 861 g/mol. The number of rotatable bonds is 7. The van der Waals surface area contributed by atoms with E-state index in [0.29, 0.717) is 32.1 Å². The minimum Gasteiger partial charge on any atom is -0.453 e. The molecule has 7 N–H and O–H groups in total. The molecule has 4 heterocycles. The molecule has 17 nitrogen and oxygen atoms in total. The zero-order chi connectivity index (χ0) is 43.3. The molecule has 0 radical (unpaired) electrons. The van der Waals surface area contributed by atoms with E-state index < -0.39 is 135 Å². The van der Waals surface area contributed by atoms with Gasteiger partial charge < -0.3 is 59.1 Å². The van der Waals surface area contributed by atoms with Crippen molar-refractivity contribution in [1.29, 1.82) is 0 Å². The second-order valence-electron chi connectivity index (χ2n) is 20.7. The number of hydrogen-bond acceptors (Lipinski definition) is 16. The van der Waals surface area contributed by atoms with E-state index >= 15 is 0 Å². The molecule has 0 amide bonds. The molecule has 4 saturated heterocycles. The van der Waals surface area contributed by atoms with E-state index in [1.165, 1.54) is 6.92 Å². The lowest BCUT2D eigenvalue weighted by Crippen LogP contribution is -2.69. The highest BCUT2D eigenvalue weighted by Crippen LogP contribution is 2.77. The summed E-state index contributed by atoms with van der Waals surface area (Å²) in [5.74, 6) is -0.746. The monoisotopic (exact) mass is 860 g/mol. The molecular weight excluding hydrogens is 797 g/mol. The van der Waals surface area contributed by atoms with E-state index in [4.69, 9.17) is 28.4 Å². The zero-order valence-corrected chi connectivity index (χ0v) is 36.0. The Bertz CT molecular complexity index is 1820. The Morgan fingerprint density at radius 3 is 2.15 bits per heavy atom. The van der Waals surface area contributed by atoms with Crippen molar-refractivity contribution in [2.24, 2.45) is 33.5 Å². The van der Waals surface area contributed by atoms with Crippen LogP contribution in [0.3, 0.4) is 0 Å². The fourth-order valence-corrected chi connectivity index (χ4v) is 14.2. The number of carbonyl (C=O) groups excluding carboxylic acids is 1. The molecule has 8 aliphatic rings. The van der Waals surface area contributed by atoms with Gasteiger partial charge in [-0.05, 0) is 107 Å². The van der Waals surface area contributed by atoms with Crippen molar-refractivity contribution in [1.82, 2.24) is 0 Å². The van der Waals surface area contributed by atoms with Crippen LogP contribution in [0.15, 0.2) is 11.6 Å². The lowest BCUT2D eigenvalue weighted by Gasteiger charge is -2.64. The number of ether oxygens (including phenoxy) is 6. The summed E-state index contributed by atoms with van der Waals surface area (Å²) in [5.41, 5.74) is -5.89. The average Bonchev–Trinajstić information content (AvgIpc) is 3.70. The van der Waals surface area contributed by atoms with Crippen molar-refractivity contribution < 1.29 is 81.0 Å². The molecule has 3 saturated carbocycles. The summed E-state index contributed by atoms with van der Waals surface area (Å²) in [6.07, 6.45) is -9.75. The molecule has 59 heavy (non-hydrogen) atoms. The third-order valence-electron chi connectivity index (χ3n) is 16.9. The topological polar surface area (TPSA) is 257 Å². The van der Waals surface area contributed by atoms with Crippen molar-refractivity contribution in [2.75, 3.05) is 6.61 Å². The first-order chi connectivity index (χ1) is 27.2. The fourth-order valence-electron chi connectivity index (χ4n) is 13.7. The van der Waals surface area contributed by atoms with Gasteiger partial charge in [0.15, 0.2) is 18.2 Å². The van der Waals surface area contributed by atoms with Crippen LogP contribution in [0.5, 0.6) is 0 Å². The summed E-state index contributed by atoms with van der Waals surface area (Å²) < 4.78 is 74.3. The molecule has 336 valence electrons. The fraction of sp³-hybridized carbons (Fsp3) is 0.927. The summed E-state index contributed by atoms with van der Waals surface area (Å²) in [4.78, 5) is 14.5. The number of aliphatic hydroxyl groups excluding tert-OH is 5. The normalized spacial score (nSPS) is 54.1. The van der Waals surface area contributed by atoms with Crippen molar-refractivity contribution in [3.8, 4) is 0 Å². The Kier molecular flexibility index (Phi) is 10.6. The Morgan fingerprint density at radius 2 is 1.51 bits per heavy atom. The maximum Gasteiger partial charge on any atom is 0.397 e. The van der Waals surface area contributed by atoms with Gasteiger partial charge in [0.2, 0.25) is 0 Å². The van der Waals surface area contributed by atoms with Crippen LogP contribution < -0.4 is 0 Å². The van der Waals surface area contributed by atoms with E-state index in [-0.39, 0.29) is 18.3 Å². The number of hydrogen-bond donors (Lipinski definition) is 7. The van der Waals surface area contributed by atoms with Gasteiger partial charge in [-0.25, -0.2) is 4.18 Å². The molecule has 4 aliphatic carbocycles. The number of fused-ring (bicyclic) bond motifs is 4. The molecule has 8 rings (SSSR count). The lowest BCUT2D eigenvalue weighted by molar-refractivity contribution is -0.362. The van der Waals surface area contributed by atoms with Gasteiger partial charge in [0, 0.05) is 0 Å². The van der Waals surface area contributed by atoms with E-state index in [1.807, 2.05) is 26.8 Å². The molecule has 18 heteroatoms. The molecule has 7 fully saturated rings. The summed E-state index contributed by atoms with van der Waals surface area (Å²) >= 11 is 0. The molecule has 0 bridgehead atoms. The van der Waals surface area contributed by atoms with E-state index in [1.54, 1.807) is 6.92 Å². The Labute approximate surface area is 345 Å². The van der Waals surface area contributed by atoms with Gasteiger partial charge in [0.05, 0.1) is 30.5 Å². The summed E-state index contributed by atoms with van der Waals surface area (Å²) in [7, 11) is -5.04. The predicted molar refractivity (Wildman–Crippen MR) is 203 cm³/mol. The van der Waals surface area contributed by atoms with Crippen LogP contribution in [0, 0.1) is 33.5 Å². The molecule has 9 unspecified atom stereocenters. The molecule has 0 aromatic rings. The smallest absolute Gasteiger partial charge is 0.397 e. The van der Waals surface area contributed by atoms with Crippen molar-refractivity contribution >= 4 is 16.4 Å². The first-order valence-corrected chi connectivity index (χ1v) is 22.5. The zero-order valence-electron chi connectivity index (χ0n) is 35.1. The SMILES string of the molecule is CC1O[C@@H](OC2C(O)[C@H](OS(=O)(=O)O)CO[C@H]2O[C@H]2CC[C@]3(C)C4=CC(O)C56C(=O)O[C@@](C)(C7CCC(C)(C)O7)[C@@]5(O)CC[C@@]6(C)[C@@H]4CCC3C2(C)C)C(O)C(O)[C@@H]1O. The second-order valence-corrected chi connectivity index (χ2v) is 21.7. The van der Waals surface area contributed by atoms with E-state index in [2.05, 4.69) is 25.0 Å². The van der Waals surface area contributed by atoms with Gasteiger partial charge in [0.25, 0.3) is 0 Å². The van der Waals surface area contributed by atoms with E-state index in [0.717, 1.165) is 18.4 Å². The molecule has 4 aliphatic heterocycles. The quantitative estimate of drug-likeness (QED) is 0.0827. The van der Waals surface area contributed by atoms with Gasteiger partial charge in [-0.2, -0.15) is 8.42 Å². The second kappa shape index (κ2) is 14.1. The highest BCUT2D eigenvalue weighted by molar-refractivity contribution is 7.80. The van der Waals surface area contributed by atoms with Crippen LogP contribution in [-0.2, 0) is 47.8 Å². The molecule has 1 spiro atoms. The van der Waals surface area contributed by atoms with Crippen molar-refractivity contribution in [2.45, 2.75) is 197 Å². The number of allylic oxidation sites excluding steroid dienone is 1. The molecule has 0 aromatic carbocycles. The highest BCUT2D eigenvalue weighted by atomic mass is 32.3. The van der Waals surface area contributed by atoms with Gasteiger partial charge in [-0.3, -0.25) is 9.35 Å². The summed E-state index contributed by atoms with van der Waals surface area (Å²) in [6.45, 7) is 15.1. The standard InChI is InChI=1S/C41H64O17S/c1-19-27(43)29(45)30(46)32(53-19)55-31-28(44)22(58-59(49,50)51)18-52-33(31)54-25-12-14-37(6)21-17-24(42)41-34(47)57-39(8,26-11-13-35(2,3)56-26)40(41,48)16-15-38(41,7)20(21)9-10-23(37)36(25,4)5/h17,19-20,22-33,42-46,48H,9-16,18H2,1-8H3,(H,49,50,51)/t19?,20-,22-,23?,24?,25+,26?,27-,28?,29?,30?,31?,32+,33+,37-,38+,39+,40+,41?/m1/s1. The Hall–Kier alpha value is -1.36. The van der Waals surface area contributed by atoms with Crippen LogP contribution in [0.4, 0.5) is 0 Å². The van der Waals surface area contributed by atoms with Gasteiger partial charge in [-0.15, -0.1) is 0 Å². The predicted octanol–water partition coefficient (Wildman–Crippen LogP) is 1.43. The van der Waals surface area contributed by atoms with Crippen LogP contribution in [-0.4, -0.2) is 147 Å². The maximum atomic E-state index is 14.5. The van der Waals surface area contributed by atoms with Crippen molar-refractivity contribution in [3.63, 3.8) is 0 Å². The Morgan fingerprint density at radius 1 is 0.814 bits per heavy atom. The lowest BCUT2D eigenvalue weighted by atomic mass is 9.40.